The van der Waals surface area contributed by atoms with Crippen molar-refractivity contribution >= 4 is 27.6 Å². The van der Waals surface area contributed by atoms with E-state index in [0.29, 0.717) is 12.1 Å². The van der Waals surface area contributed by atoms with Gasteiger partial charge in [-0.3, -0.25) is 0 Å². The number of benzene rings is 2. The van der Waals surface area contributed by atoms with Crippen LogP contribution in [0.25, 0.3) is 0 Å². The fraction of sp³-hybridized carbons (Fsp3) is 0.300. The molecule has 0 atom stereocenters. The predicted molar refractivity (Wildman–Crippen MR) is 106 cm³/mol. The largest absolute Gasteiger partial charge is 0.371 e. The second kappa shape index (κ2) is 8.72. The van der Waals surface area contributed by atoms with Crippen LogP contribution in [-0.2, 0) is 6.54 Å². The lowest BCUT2D eigenvalue weighted by Crippen LogP contribution is -2.47. The number of amides is 2. The fourth-order valence-corrected chi connectivity index (χ4v) is 3.31. The van der Waals surface area contributed by atoms with Crippen LogP contribution in [0, 0.1) is 11.3 Å². The Bertz CT molecular complexity index is 775. The van der Waals surface area contributed by atoms with E-state index in [1.54, 1.807) is 0 Å². The number of nitriles is 1. The van der Waals surface area contributed by atoms with Gasteiger partial charge in [0.25, 0.3) is 0 Å². The number of nitrogens with one attached hydrogen (secondary N) is 2. The summed E-state index contributed by atoms with van der Waals surface area (Å²) in [5, 5.41) is 14.8. The van der Waals surface area contributed by atoms with Gasteiger partial charge >= 0.3 is 6.03 Å². The first kappa shape index (κ1) is 18.3. The van der Waals surface area contributed by atoms with Crippen molar-refractivity contribution in [3.05, 3.63) is 64.1 Å². The van der Waals surface area contributed by atoms with Crippen LogP contribution in [-0.4, -0.2) is 25.2 Å². The van der Waals surface area contributed by atoms with E-state index in [1.807, 2.05) is 48.5 Å². The molecule has 2 aromatic carbocycles. The molecule has 6 heteroatoms. The van der Waals surface area contributed by atoms with E-state index in [9.17, 15) is 4.79 Å². The average Bonchev–Trinajstić information content (AvgIpc) is 2.68. The van der Waals surface area contributed by atoms with E-state index >= 15 is 0 Å². The summed E-state index contributed by atoms with van der Waals surface area (Å²) in [7, 11) is 0. The Hall–Kier alpha value is -2.52. The van der Waals surface area contributed by atoms with E-state index in [0.717, 1.165) is 41.7 Å². The minimum atomic E-state index is -0.121. The van der Waals surface area contributed by atoms with Gasteiger partial charge in [-0.15, -0.1) is 0 Å². The van der Waals surface area contributed by atoms with Crippen LogP contribution in [0.1, 0.15) is 24.0 Å². The number of anilines is 1. The standard InChI is InChI=1S/C20H21BrN4O/c21-17-5-1-16(2-6-17)14-23-20(26)24-18-9-11-25(12-10-18)19-7-3-15(13-22)4-8-19/h1-8,18H,9-12,14H2,(H2,23,24,26). The molecule has 1 aliphatic heterocycles. The third-order valence-electron chi connectivity index (χ3n) is 4.56. The summed E-state index contributed by atoms with van der Waals surface area (Å²) in [5.41, 5.74) is 2.87. The Morgan fingerprint density at radius 3 is 2.38 bits per heavy atom. The van der Waals surface area contributed by atoms with E-state index in [1.165, 1.54) is 0 Å². The normalized spacial score (nSPS) is 14.5. The minimum absolute atomic E-state index is 0.121. The highest BCUT2D eigenvalue weighted by molar-refractivity contribution is 9.10. The van der Waals surface area contributed by atoms with Gasteiger partial charge in [0.15, 0.2) is 0 Å². The zero-order valence-corrected chi connectivity index (χ0v) is 16.0. The molecule has 2 aromatic rings. The van der Waals surface area contributed by atoms with Gasteiger partial charge < -0.3 is 15.5 Å². The van der Waals surface area contributed by atoms with Crippen molar-refractivity contribution in [1.29, 1.82) is 5.26 Å². The molecule has 2 amide bonds. The van der Waals surface area contributed by atoms with E-state index < -0.39 is 0 Å². The molecular weight excluding hydrogens is 392 g/mol. The third kappa shape index (κ3) is 4.99. The molecule has 0 aromatic heterocycles. The number of rotatable bonds is 4. The molecule has 1 saturated heterocycles. The summed E-state index contributed by atoms with van der Waals surface area (Å²) >= 11 is 3.40. The maximum absolute atomic E-state index is 12.1. The highest BCUT2D eigenvalue weighted by Crippen LogP contribution is 2.20. The van der Waals surface area contributed by atoms with Gasteiger partial charge in [-0.2, -0.15) is 5.26 Å². The Morgan fingerprint density at radius 1 is 1.12 bits per heavy atom. The van der Waals surface area contributed by atoms with Crippen LogP contribution in [0.5, 0.6) is 0 Å². The first-order valence-corrected chi connectivity index (χ1v) is 9.47. The molecule has 5 nitrogen and oxygen atoms in total. The second-order valence-corrected chi connectivity index (χ2v) is 7.29. The van der Waals surface area contributed by atoms with Crippen molar-refractivity contribution in [2.24, 2.45) is 0 Å². The van der Waals surface area contributed by atoms with Crippen molar-refractivity contribution in [2.45, 2.75) is 25.4 Å². The third-order valence-corrected chi connectivity index (χ3v) is 5.09. The Labute approximate surface area is 162 Å². The van der Waals surface area contributed by atoms with Crippen LogP contribution in [0.2, 0.25) is 0 Å². The summed E-state index contributed by atoms with van der Waals surface area (Å²) in [6.45, 7) is 2.30. The van der Waals surface area contributed by atoms with Crippen molar-refractivity contribution in [2.75, 3.05) is 18.0 Å². The van der Waals surface area contributed by atoms with Gasteiger partial charge in [-0.05, 0) is 54.8 Å². The van der Waals surface area contributed by atoms with Gasteiger partial charge in [0.05, 0.1) is 11.6 Å². The number of carbonyl (C=O) groups is 1. The van der Waals surface area contributed by atoms with Crippen LogP contribution >= 0.6 is 15.9 Å². The molecule has 2 N–H and O–H groups in total. The maximum atomic E-state index is 12.1. The lowest BCUT2D eigenvalue weighted by Gasteiger charge is -2.34. The van der Waals surface area contributed by atoms with Gasteiger partial charge in [-0.1, -0.05) is 28.1 Å². The Morgan fingerprint density at radius 2 is 1.77 bits per heavy atom. The van der Waals surface area contributed by atoms with Gasteiger partial charge in [0, 0.05) is 35.8 Å². The number of halogens is 1. The Kier molecular flexibility index (Phi) is 6.13. The summed E-state index contributed by atoms with van der Waals surface area (Å²) in [4.78, 5) is 14.4. The molecule has 0 bridgehead atoms. The number of nitrogens with zero attached hydrogens (tertiary/aromatic N) is 2. The predicted octanol–water partition coefficient (Wildman–Crippen LogP) is 3.79. The van der Waals surface area contributed by atoms with Gasteiger partial charge in [0.2, 0.25) is 0 Å². The summed E-state index contributed by atoms with van der Waals surface area (Å²) < 4.78 is 1.03. The number of piperidine rings is 1. The number of carbonyl (C=O) groups excluding carboxylic acids is 1. The van der Waals surface area contributed by atoms with Crippen molar-refractivity contribution in [3.8, 4) is 6.07 Å². The van der Waals surface area contributed by atoms with Crippen LogP contribution in [0.4, 0.5) is 10.5 Å². The lowest BCUT2D eigenvalue weighted by molar-refractivity contribution is 0.234. The molecule has 26 heavy (non-hydrogen) atoms. The zero-order valence-electron chi connectivity index (χ0n) is 14.4. The minimum Gasteiger partial charge on any atom is -0.371 e. The average molecular weight is 413 g/mol. The molecule has 1 aliphatic rings. The van der Waals surface area contributed by atoms with Crippen LogP contribution in [0.15, 0.2) is 53.0 Å². The van der Waals surface area contributed by atoms with Crippen LogP contribution < -0.4 is 15.5 Å². The number of hydrogen-bond acceptors (Lipinski definition) is 3. The summed E-state index contributed by atoms with van der Waals surface area (Å²) in [6, 6.07) is 17.8. The van der Waals surface area contributed by atoms with E-state index in [-0.39, 0.29) is 12.1 Å². The number of hydrogen-bond donors (Lipinski definition) is 2. The molecule has 0 saturated carbocycles. The van der Waals surface area contributed by atoms with Crippen LogP contribution in [0.3, 0.4) is 0 Å². The molecule has 134 valence electrons. The maximum Gasteiger partial charge on any atom is 0.315 e. The molecule has 0 radical (unpaired) electrons. The molecule has 1 heterocycles. The Balaban J connectivity index is 1.42. The smallest absolute Gasteiger partial charge is 0.315 e. The lowest BCUT2D eigenvalue weighted by atomic mass is 10.0. The molecule has 1 fully saturated rings. The zero-order chi connectivity index (χ0) is 18.4. The summed E-state index contributed by atoms with van der Waals surface area (Å²) in [5.74, 6) is 0. The fourth-order valence-electron chi connectivity index (χ4n) is 3.05. The summed E-state index contributed by atoms with van der Waals surface area (Å²) in [6.07, 6.45) is 1.82. The van der Waals surface area contributed by atoms with Crippen molar-refractivity contribution < 1.29 is 4.79 Å². The highest BCUT2D eigenvalue weighted by Gasteiger charge is 2.20. The first-order valence-electron chi connectivity index (χ1n) is 8.68. The quantitative estimate of drug-likeness (QED) is 0.802. The van der Waals surface area contributed by atoms with Crippen molar-refractivity contribution in [3.63, 3.8) is 0 Å². The molecule has 0 aliphatic carbocycles. The second-order valence-electron chi connectivity index (χ2n) is 6.37. The molecule has 3 rings (SSSR count). The van der Waals surface area contributed by atoms with E-state index in [4.69, 9.17) is 5.26 Å². The van der Waals surface area contributed by atoms with Gasteiger partial charge in [-0.25, -0.2) is 4.79 Å². The molecule has 0 spiro atoms. The SMILES string of the molecule is N#Cc1ccc(N2CCC(NC(=O)NCc3ccc(Br)cc3)CC2)cc1. The molecule has 0 unspecified atom stereocenters. The van der Waals surface area contributed by atoms with Crippen molar-refractivity contribution in [1.82, 2.24) is 10.6 Å². The highest BCUT2D eigenvalue weighted by atomic mass is 79.9. The van der Waals surface area contributed by atoms with E-state index in [2.05, 4.69) is 37.5 Å². The first-order chi connectivity index (χ1) is 12.6. The van der Waals surface area contributed by atoms with Gasteiger partial charge in [0.1, 0.15) is 0 Å². The monoisotopic (exact) mass is 412 g/mol. The molecular formula is C20H21BrN4O. The topological polar surface area (TPSA) is 68.2 Å². The number of urea groups is 1.